The number of thioether (sulfide) groups is 1. The number of aliphatic hydroxyl groups is 1. The van der Waals surface area contributed by atoms with Gasteiger partial charge in [0.25, 0.3) is 0 Å². The number of alkyl carbamates (subject to hydrolysis) is 1. The summed E-state index contributed by atoms with van der Waals surface area (Å²) in [7, 11) is 10.1. The Balaban J connectivity index is 0.00000141. The maximum absolute atomic E-state index is 13.7. The van der Waals surface area contributed by atoms with Crippen LogP contribution in [0, 0.1) is 24.3 Å². The number of carbonyl (C=O) groups excluding carboxylic acids is 8. The molecule has 3 heterocycles. The van der Waals surface area contributed by atoms with Crippen molar-refractivity contribution < 1.29 is 93.7 Å². The molecule has 23 nitrogen and oxygen atoms in total. The third-order valence-corrected chi connectivity index (χ3v) is 14.9. The minimum atomic E-state index is -1.72. The summed E-state index contributed by atoms with van der Waals surface area (Å²) in [5, 5.41) is 34.5. The van der Waals surface area contributed by atoms with Crippen LogP contribution in [0.25, 0.3) is 0 Å². The Hall–Kier alpha value is -4.75. The Morgan fingerprint density at radius 3 is 2.17 bits per heavy atom. The average molecular weight is 1380 g/mol. The molecule has 26 heteroatoms. The van der Waals surface area contributed by atoms with Gasteiger partial charge in [0.05, 0.1) is 44.2 Å². The average Bonchev–Trinajstić information content (AvgIpc) is 3.54. The first kappa shape index (κ1) is 78.2. The first-order chi connectivity index (χ1) is 39.0. The molecule has 83 heavy (non-hydrogen) atoms. The molecular weight excluding hydrogens is 1290 g/mol. The van der Waals surface area contributed by atoms with E-state index in [1.807, 2.05) is 71.8 Å². The number of ether oxygens (including phenoxy) is 3. The fourth-order valence-electron chi connectivity index (χ4n) is 8.79. The third kappa shape index (κ3) is 27.9. The molecule has 5 unspecified atom stereocenters. The van der Waals surface area contributed by atoms with E-state index in [-0.39, 0.29) is 95.1 Å². The van der Waals surface area contributed by atoms with Crippen LogP contribution in [0.1, 0.15) is 111 Å². The molecule has 0 spiro atoms. The molecule has 2 saturated heterocycles. The van der Waals surface area contributed by atoms with E-state index in [0.717, 1.165) is 67.6 Å². The monoisotopic (exact) mass is 1380 g/mol. The molecular formula is C57H92ClN8O15SW-. The summed E-state index contributed by atoms with van der Waals surface area (Å²) in [5.74, 6) is -0.633. The van der Waals surface area contributed by atoms with Crippen LogP contribution in [0.3, 0.4) is 0 Å². The number of methoxy groups -OCH3 is 2. The number of rotatable bonds is 24. The Kier molecular flexibility index (Phi) is 40.5. The molecule has 4 rings (SSSR count). The van der Waals surface area contributed by atoms with E-state index in [4.69, 9.17) is 47.4 Å². The van der Waals surface area contributed by atoms with E-state index in [0.29, 0.717) is 53.1 Å². The van der Waals surface area contributed by atoms with Crippen molar-refractivity contribution in [2.45, 2.75) is 148 Å². The van der Waals surface area contributed by atoms with Crippen molar-refractivity contribution in [1.82, 2.24) is 36.5 Å². The van der Waals surface area contributed by atoms with Crippen LogP contribution in [0.5, 0.6) is 5.75 Å². The second kappa shape index (κ2) is 43.0. The minimum absolute atomic E-state index is 0. The van der Waals surface area contributed by atoms with E-state index in [1.165, 1.54) is 19.1 Å². The van der Waals surface area contributed by atoms with Gasteiger partial charge in [-0.25, -0.2) is 14.6 Å². The number of benzene rings is 1. The van der Waals surface area contributed by atoms with Crippen LogP contribution in [0.2, 0.25) is 5.02 Å². The first-order valence-corrected chi connectivity index (χ1v) is 29.2. The van der Waals surface area contributed by atoms with Gasteiger partial charge in [-0.05, 0) is 96.5 Å². The topological polar surface area (TPSA) is 293 Å². The van der Waals surface area contributed by atoms with Gasteiger partial charge in [-0.3, -0.25) is 41.0 Å². The van der Waals surface area contributed by atoms with Crippen molar-refractivity contribution in [3.05, 3.63) is 59.2 Å². The number of allylic oxidation sites excluding steroid dienone is 3. The van der Waals surface area contributed by atoms with Crippen molar-refractivity contribution >= 4 is 77.3 Å². The molecule has 0 aromatic heterocycles. The third-order valence-electron chi connectivity index (χ3n) is 13.6. The molecule has 2 fully saturated rings. The summed E-state index contributed by atoms with van der Waals surface area (Å²) in [6, 6.07) is 3.35. The van der Waals surface area contributed by atoms with Crippen LogP contribution in [-0.4, -0.2) is 178 Å². The second-order valence-corrected chi connectivity index (χ2v) is 21.4. The molecule has 0 radical (unpaired) electrons. The Morgan fingerprint density at radius 1 is 0.964 bits per heavy atom. The molecule has 7 N–H and O–H groups in total. The number of aldehydes is 2. The number of unbranched alkanes of at least 4 members (excludes halogenated alkanes) is 6. The number of likely N-dealkylation sites (N-methyl/N-ethyl adjacent to an activating group) is 1. The Labute approximate surface area is 514 Å². The van der Waals surface area contributed by atoms with Crippen LogP contribution in [-0.2, 0) is 80.3 Å². The SMILES string of the molecule is CC.CN[C@@H](C)C(=O)NCC(=O)NCC(=O)NCSCCCCCC=O.COc1cc2cc(c1Cl)N(C)C(=O)CC1OO[C@@H](N(C)C)C(C1C)C(C)[C@@H]1C[C@@](O)(NC(=O)O1)C(OC)/C=C/C=C(\C)C2.[CH-]=CC(=O)N(O)CCCCCC=O.[W]. The predicted molar refractivity (Wildman–Crippen MR) is 314 cm³/mol. The van der Waals surface area contributed by atoms with Gasteiger partial charge in [0.2, 0.25) is 23.6 Å². The van der Waals surface area contributed by atoms with Crippen molar-refractivity contribution in [3.63, 3.8) is 0 Å². The number of hydrogen-bond acceptors (Lipinski definition) is 18. The van der Waals surface area contributed by atoms with Gasteiger partial charge < -0.3 is 65.1 Å². The van der Waals surface area contributed by atoms with E-state index in [9.17, 15) is 43.5 Å². The molecule has 470 valence electrons. The summed E-state index contributed by atoms with van der Waals surface area (Å²) in [4.78, 5) is 107. The number of fused-ring (bicyclic) bond motifs is 6. The molecule has 3 aliphatic rings. The van der Waals surface area contributed by atoms with Gasteiger partial charge in [0, 0.05) is 72.9 Å². The maximum atomic E-state index is 13.7. The molecule has 0 aliphatic carbocycles. The van der Waals surface area contributed by atoms with Gasteiger partial charge in [-0.1, -0.05) is 75.9 Å². The molecule has 1 aromatic rings. The molecule has 6 bridgehead atoms. The number of nitrogens with one attached hydrogen (secondary N) is 5. The van der Waals surface area contributed by atoms with Gasteiger partial charge in [-0.15, -0.1) is 11.8 Å². The molecule has 3 aliphatic heterocycles. The van der Waals surface area contributed by atoms with E-state index >= 15 is 0 Å². The first-order valence-electron chi connectivity index (χ1n) is 27.7. The van der Waals surface area contributed by atoms with Crippen molar-refractivity contribution in [2.75, 3.05) is 78.6 Å². The van der Waals surface area contributed by atoms with Gasteiger partial charge in [0.1, 0.15) is 53.8 Å². The second-order valence-electron chi connectivity index (χ2n) is 19.9. The number of hydrogen-bond donors (Lipinski definition) is 7. The minimum Gasteiger partial charge on any atom is -0.495 e. The van der Waals surface area contributed by atoms with Crippen LogP contribution in [0.4, 0.5) is 10.5 Å². The smallest absolute Gasteiger partial charge is 0.409 e. The number of hydroxylamine groups is 2. The summed E-state index contributed by atoms with van der Waals surface area (Å²) in [5.41, 5.74) is 0.691. The fraction of sp³-hybridized carbons (Fsp3) is 0.649. The van der Waals surface area contributed by atoms with Crippen molar-refractivity contribution in [2.24, 2.45) is 17.8 Å². The van der Waals surface area contributed by atoms with Crippen LogP contribution in [0.15, 0.2) is 42.0 Å². The maximum Gasteiger partial charge on any atom is 0.409 e. The largest absolute Gasteiger partial charge is 0.495 e. The Bertz CT molecular complexity index is 2250. The summed E-state index contributed by atoms with van der Waals surface area (Å²) in [6.45, 7) is 16.5. The summed E-state index contributed by atoms with van der Waals surface area (Å²) in [6.07, 6.45) is 11.6. The predicted octanol–water partition coefficient (Wildman–Crippen LogP) is 5.44. The van der Waals surface area contributed by atoms with Crippen LogP contribution < -0.4 is 36.2 Å². The summed E-state index contributed by atoms with van der Waals surface area (Å²) < 4.78 is 17.0. The Morgan fingerprint density at radius 2 is 1.58 bits per heavy atom. The molecule has 9 atom stereocenters. The fourth-order valence-corrected chi connectivity index (χ4v) is 9.92. The normalized spacial score (nSPS) is 23.4. The van der Waals surface area contributed by atoms with E-state index in [1.54, 1.807) is 44.9 Å². The number of carbonyl (C=O) groups is 8. The summed E-state index contributed by atoms with van der Waals surface area (Å²) >= 11 is 8.29. The van der Waals surface area contributed by atoms with E-state index < -0.39 is 48.2 Å². The number of anilines is 1. The van der Waals surface area contributed by atoms with Crippen molar-refractivity contribution in [1.29, 1.82) is 0 Å². The molecule has 1 aromatic carbocycles. The number of amides is 6. The van der Waals surface area contributed by atoms with Crippen molar-refractivity contribution in [3.8, 4) is 5.75 Å². The van der Waals surface area contributed by atoms with Gasteiger partial charge in [0.15, 0.2) is 5.72 Å². The zero-order valence-electron chi connectivity index (χ0n) is 50.4. The quantitative estimate of drug-likeness (QED) is 0.00991. The molecule has 0 saturated carbocycles. The zero-order chi connectivity index (χ0) is 62.0. The number of nitrogens with zero attached hydrogens (tertiary/aromatic N) is 3. The standard InChI is InChI=1S/C31H44ClN3O8.C15H28N4O4S.C9H14NO3.C2H6.W/c1-17-10-9-11-25(40-8)31(38)16-24(41-30(37)33-31)19(3)27-18(2)22(42-43-29(27)34(4)5)15-26(36)35(6)21-13-20(12-17)14-23(39-7)28(21)32;1-12(16-2)15(23)18-10-13(21)17-9-14(22)19-11-24-8-6-4-3-5-7-20;1-2-9(12)10(13)7-5-3-4-6-8-11;1-2;/h9-11,13-14,18-19,22,24-25,27,29,38H,12,15-16H2,1-8H3,(H,33,37);7,12,16H,3-6,8-11H2,1-2H3,(H,17,21)(H,18,23)(H,19,22);1-2,8,13H,3-7H2;1-2H3;/q;;-1;;/b11-9+,17-10+;;;;/t18?,19?,22?,24-,25?,27?,29+,31-;12-;;;/m00.../s1. The van der Waals surface area contributed by atoms with Gasteiger partial charge >= 0.3 is 6.09 Å². The van der Waals surface area contributed by atoms with E-state index in [2.05, 4.69) is 26.6 Å². The van der Waals surface area contributed by atoms with Gasteiger partial charge in [-0.2, -0.15) is 6.08 Å². The number of halogens is 1. The van der Waals surface area contributed by atoms with Crippen LogP contribution >= 0.6 is 23.4 Å². The molecule has 6 amide bonds. The zero-order valence-corrected chi connectivity index (χ0v) is 54.9.